The predicted molar refractivity (Wildman–Crippen MR) is 129 cm³/mol. The van der Waals surface area contributed by atoms with Gasteiger partial charge in [-0.2, -0.15) is 0 Å². The van der Waals surface area contributed by atoms with Gasteiger partial charge in [0.1, 0.15) is 6.23 Å². The number of aliphatic hydroxyl groups is 1. The van der Waals surface area contributed by atoms with Crippen LogP contribution in [0.2, 0.25) is 0 Å². The second kappa shape index (κ2) is 5.84. The van der Waals surface area contributed by atoms with Gasteiger partial charge in [0.05, 0.1) is 34.7 Å². The molecule has 0 spiro atoms. The quantitative estimate of drug-likeness (QED) is 0.367. The zero-order valence-electron chi connectivity index (χ0n) is 19.1. The van der Waals surface area contributed by atoms with Crippen molar-refractivity contribution >= 4 is 55.5 Å². The van der Waals surface area contributed by atoms with Crippen LogP contribution in [0.3, 0.4) is 0 Å². The molecule has 5 heterocycles. The number of nitrogens with zero attached hydrogens (tertiary/aromatic N) is 2. The molecule has 0 saturated carbocycles. The molecule has 174 valence electrons. The molecule has 3 aliphatic rings. The number of carbonyl (C=O) groups is 2. The van der Waals surface area contributed by atoms with Gasteiger partial charge in [0.15, 0.2) is 5.72 Å². The van der Waals surface area contributed by atoms with Crippen LogP contribution >= 0.6 is 0 Å². The molecule has 5 aromatic rings. The van der Waals surface area contributed by atoms with E-state index in [0.717, 1.165) is 49.2 Å². The number of hydrogen-bond acceptors (Lipinski definition) is 5. The second-order valence-electron chi connectivity index (χ2n) is 9.83. The van der Waals surface area contributed by atoms with Crippen molar-refractivity contribution in [1.29, 1.82) is 0 Å². The van der Waals surface area contributed by atoms with E-state index in [1.54, 1.807) is 6.92 Å². The summed E-state index contributed by atoms with van der Waals surface area (Å²) in [5.41, 5.74) is 1.69. The first kappa shape index (κ1) is 19.4. The van der Waals surface area contributed by atoms with Crippen molar-refractivity contribution in [2.45, 2.75) is 37.4 Å². The molecule has 2 N–H and O–H groups in total. The topological polar surface area (TPSA) is 94.7 Å². The SMILES string of the molecule is COC(=O)C1(O)CC2O[C@@]1(C)n1c3ccccc3c3c4c(c5c6ccccc6n2c5c31)C(=O)NC4. The summed E-state index contributed by atoms with van der Waals surface area (Å²) in [6.45, 7) is 2.17. The van der Waals surface area contributed by atoms with Crippen molar-refractivity contribution in [3.63, 3.8) is 0 Å². The Morgan fingerprint density at radius 1 is 1.09 bits per heavy atom. The van der Waals surface area contributed by atoms with Crippen LogP contribution in [0, 0.1) is 0 Å². The van der Waals surface area contributed by atoms with Crippen LogP contribution in [0.1, 0.15) is 35.5 Å². The van der Waals surface area contributed by atoms with Crippen LogP contribution in [0.15, 0.2) is 48.5 Å². The van der Waals surface area contributed by atoms with Crippen molar-refractivity contribution in [3.8, 4) is 0 Å². The van der Waals surface area contributed by atoms with Crippen LogP contribution in [-0.2, 0) is 26.5 Å². The van der Waals surface area contributed by atoms with Crippen molar-refractivity contribution < 1.29 is 24.2 Å². The van der Waals surface area contributed by atoms with Gasteiger partial charge >= 0.3 is 5.97 Å². The van der Waals surface area contributed by atoms with Crippen LogP contribution in [-0.4, -0.2) is 38.8 Å². The Labute approximate surface area is 198 Å². The Bertz CT molecular complexity index is 1830. The summed E-state index contributed by atoms with van der Waals surface area (Å²) in [7, 11) is 1.28. The summed E-state index contributed by atoms with van der Waals surface area (Å²) >= 11 is 0. The second-order valence-corrected chi connectivity index (χ2v) is 9.83. The van der Waals surface area contributed by atoms with E-state index in [1.807, 2.05) is 53.1 Å². The minimum atomic E-state index is -1.93. The number of carbonyl (C=O) groups excluding carboxylic acids is 2. The fourth-order valence-electron chi connectivity index (χ4n) is 6.89. The molecule has 2 aromatic heterocycles. The molecular weight excluding hydrogens is 446 g/mol. The van der Waals surface area contributed by atoms with Gasteiger partial charge in [0, 0.05) is 34.5 Å². The summed E-state index contributed by atoms with van der Waals surface area (Å²) in [6, 6.07) is 15.8. The van der Waals surface area contributed by atoms with E-state index in [4.69, 9.17) is 9.47 Å². The summed E-state index contributed by atoms with van der Waals surface area (Å²) in [5.74, 6) is -0.822. The molecule has 35 heavy (non-hydrogen) atoms. The van der Waals surface area contributed by atoms with Crippen LogP contribution in [0.25, 0.3) is 43.6 Å². The first-order valence-electron chi connectivity index (χ1n) is 11.7. The molecular formula is C27H21N3O5. The number of benzene rings is 3. The first-order valence-corrected chi connectivity index (χ1v) is 11.7. The maximum Gasteiger partial charge on any atom is 0.343 e. The van der Waals surface area contributed by atoms with E-state index in [-0.39, 0.29) is 12.3 Å². The molecule has 3 aromatic carbocycles. The highest BCUT2D eigenvalue weighted by atomic mass is 16.6. The number of esters is 1. The number of ether oxygens (including phenoxy) is 2. The average molecular weight is 467 g/mol. The Morgan fingerprint density at radius 3 is 2.51 bits per heavy atom. The molecule has 1 saturated heterocycles. The molecule has 1 amide bonds. The third-order valence-corrected chi connectivity index (χ3v) is 8.36. The fourth-order valence-corrected chi connectivity index (χ4v) is 6.89. The molecule has 3 aliphatic heterocycles. The number of rotatable bonds is 1. The van der Waals surface area contributed by atoms with Gasteiger partial charge in [-0.3, -0.25) is 4.79 Å². The average Bonchev–Trinajstić information content (AvgIpc) is 3.55. The molecule has 3 atom stereocenters. The van der Waals surface area contributed by atoms with Crippen molar-refractivity contribution in [1.82, 2.24) is 14.5 Å². The number of methoxy groups -OCH3 is 1. The zero-order chi connectivity index (χ0) is 23.9. The van der Waals surface area contributed by atoms with E-state index >= 15 is 0 Å². The summed E-state index contributed by atoms with van der Waals surface area (Å²) in [5, 5.41) is 18.7. The van der Waals surface area contributed by atoms with E-state index in [1.165, 1.54) is 7.11 Å². The highest BCUT2D eigenvalue weighted by Gasteiger charge is 2.65. The molecule has 8 rings (SSSR count). The summed E-state index contributed by atoms with van der Waals surface area (Å²) < 4.78 is 15.8. The maximum absolute atomic E-state index is 13.2. The summed E-state index contributed by atoms with van der Waals surface area (Å²) in [6.07, 6.45) is -0.628. The number of aromatic nitrogens is 2. The molecule has 0 radical (unpaired) electrons. The Hall–Kier alpha value is -3.88. The molecule has 8 nitrogen and oxygen atoms in total. The zero-order valence-corrected chi connectivity index (χ0v) is 19.1. The van der Waals surface area contributed by atoms with Gasteiger partial charge in [-0.25, -0.2) is 4.79 Å². The lowest BCUT2D eigenvalue weighted by Gasteiger charge is -2.37. The van der Waals surface area contributed by atoms with Crippen LogP contribution < -0.4 is 5.32 Å². The standard InChI is InChI=1S/C27H21N3O5/c1-26-27(33,25(32)34-2)11-18(35-26)29-16-9-5-3-7-13(16)20-21-15(12-28-24(21)31)19-14-8-4-6-10-17(14)30(26)23(19)22(20)29/h3-10,18,33H,11-12H2,1-2H3,(H,28,31)/t18?,26-,27?/m1/s1. The van der Waals surface area contributed by atoms with E-state index in [0.29, 0.717) is 12.1 Å². The monoisotopic (exact) mass is 467 g/mol. The normalized spacial score (nSPS) is 26.7. The Morgan fingerprint density at radius 2 is 1.77 bits per heavy atom. The van der Waals surface area contributed by atoms with E-state index in [2.05, 4.69) is 9.88 Å². The van der Waals surface area contributed by atoms with Gasteiger partial charge in [-0.1, -0.05) is 36.4 Å². The molecule has 8 heteroatoms. The summed E-state index contributed by atoms with van der Waals surface area (Å²) in [4.78, 5) is 26.3. The lowest BCUT2D eigenvalue weighted by Crippen LogP contribution is -2.56. The molecule has 2 unspecified atom stereocenters. The van der Waals surface area contributed by atoms with Crippen molar-refractivity contribution in [3.05, 3.63) is 59.7 Å². The largest absolute Gasteiger partial charge is 0.467 e. The lowest BCUT2D eigenvalue weighted by molar-refractivity contribution is -0.202. The van der Waals surface area contributed by atoms with Gasteiger partial charge in [-0.05, 0) is 24.6 Å². The minimum Gasteiger partial charge on any atom is -0.467 e. The number of hydrogen-bond donors (Lipinski definition) is 2. The van der Waals surface area contributed by atoms with Gasteiger partial charge < -0.3 is 29.0 Å². The van der Waals surface area contributed by atoms with Crippen LogP contribution in [0.5, 0.6) is 0 Å². The minimum absolute atomic E-state index is 0.0146. The van der Waals surface area contributed by atoms with Crippen molar-refractivity contribution in [2.24, 2.45) is 0 Å². The van der Waals surface area contributed by atoms with E-state index < -0.39 is 23.5 Å². The third kappa shape index (κ3) is 1.89. The van der Waals surface area contributed by atoms with E-state index in [9.17, 15) is 14.7 Å². The highest BCUT2D eigenvalue weighted by molar-refractivity contribution is 6.31. The van der Waals surface area contributed by atoms with Crippen LogP contribution in [0.4, 0.5) is 0 Å². The number of amides is 1. The number of nitrogens with one attached hydrogen (secondary N) is 1. The highest BCUT2D eigenvalue weighted by Crippen LogP contribution is 2.57. The fraction of sp³-hybridized carbons (Fsp3) is 0.259. The number of fused-ring (bicyclic) bond motifs is 13. The number of para-hydroxylation sites is 2. The third-order valence-electron chi connectivity index (χ3n) is 8.36. The Kier molecular flexibility index (Phi) is 3.24. The predicted octanol–water partition coefficient (Wildman–Crippen LogP) is 3.66. The molecule has 1 fully saturated rings. The van der Waals surface area contributed by atoms with Gasteiger partial charge in [0.25, 0.3) is 5.91 Å². The van der Waals surface area contributed by atoms with Gasteiger partial charge in [-0.15, -0.1) is 0 Å². The van der Waals surface area contributed by atoms with Gasteiger partial charge in [0.2, 0.25) is 5.60 Å². The van der Waals surface area contributed by atoms with Crippen molar-refractivity contribution in [2.75, 3.05) is 7.11 Å². The lowest BCUT2D eigenvalue weighted by atomic mass is 9.88. The molecule has 2 bridgehead atoms. The molecule has 0 aliphatic carbocycles. The maximum atomic E-state index is 13.2. The first-order chi connectivity index (χ1) is 16.9. The Balaban J connectivity index is 1.73. The smallest absolute Gasteiger partial charge is 0.343 e.